The maximum atomic E-state index is 11.9. The fourth-order valence-corrected chi connectivity index (χ4v) is 3.17. The maximum Gasteiger partial charge on any atom is 0.225 e. The summed E-state index contributed by atoms with van der Waals surface area (Å²) in [6, 6.07) is 0.0762. The van der Waals surface area contributed by atoms with Gasteiger partial charge in [0.25, 0.3) is 0 Å². The standard InChI is InChI=1S/C11H17BrN2O.ClH/c1-6(12)5-14-11(15)9-7-2-3-8(4-7)10(9)13;/h7-10H,1-5,13H2,(H,14,15);1H. The number of rotatable bonds is 3. The molecule has 2 saturated carbocycles. The van der Waals surface area contributed by atoms with Crippen LogP contribution in [0.15, 0.2) is 11.1 Å². The SMILES string of the molecule is C=C(Br)CNC(=O)C1C2CCC(C2)C1N.Cl. The van der Waals surface area contributed by atoms with Crippen molar-refractivity contribution in [3.63, 3.8) is 0 Å². The molecule has 5 heteroatoms. The number of hydrogen-bond acceptors (Lipinski definition) is 2. The molecule has 92 valence electrons. The largest absolute Gasteiger partial charge is 0.351 e. The van der Waals surface area contributed by atoms with Gasteiger partial charge in [0.05, 0.1) is 5.92 Å². The highest BCUT2D eigenvalue weighted by Crippen LogP contribution is 2.47. The lowest BCUT2D eigenvalue weighted by molar-refractivity contribution is -0.126. The minimum Gasteiger partial charge on any atom is -0.351 e. The van der Waals surface area contributed by atoms with Gasteiger partial charge in [-0.2, -0.15) is 0 Å². The van der Waals surface area contributed by atoms with Crippen LogP contribution in [0.2, 0.25) is 0 Å². The quantitative estimate of drug-likeness (QED) is 0.835. The number of amides is 1. The average molecular weight is 310 g/mol. The van der Waals surface area contributed by atoms with Crippen molar-refractivity contribution in [1.82, 2.24) is 5.32 Å². The predicted octanol–water partition coefficient (Wildman–Crippen LogP) is 1.81. The van der Waals surface area contributed by atoms with Gasteiger partial charge in [-0.3, -0.25) is 4.79 Å². The van der Waals surface area contributed by atoms with Gasteiger partial charge in [-0.1, -0.05) is 22.5 Å². The molecule has 2 bridgehead atoms. The Morgan fingerprint density at radius 1 is 1.44 bits per heavy atom. The molecular weight excluding hydrogens is 291 g/mol. The maximum absolute atomic E-state index is 11.9. The van der Waals surface area contributed by atoms with Crippen LogP contribution in [-0.2, 0) is 4.79 Å². The molecule has 0 spiro atoms. The molecule has 0 aromatic carbocycles. The topological polar surface area (TPSA) is 55.1 Å². The van der Waals surface area contributed by atoms with E-state index in [1.54, 1.807) is 0 Å². The lowest BCUT2D eigenvalue weighted by Gasteiger charge is -2.26. The van der Waals surface area contributed by atoms with E-state index in [9.17, 15) is 4.79 Å². The van der Waals surface area contributed by atoms with E-state index >= 15 is 0 Å². The van der Waals surface area contributed by atoms with Crippen molar-refractivity contribution in [2.75, 3.05) is 6.54 Å². The first-order valence-electron chi connectivity index (χ1n) is 5.46. The number of fused-ring (bicyclic) bond motifs is 2. The molecule has 0 saturated heterocycles. The molecule has 2 rings (SSSR count). The van der Waals surface area contributed by atoms with Crippen LogP contribution in [0, 0.1) is 17.8 Å². The van der Waals surface area contributed by atoms with Crippen molar-refractivity contribution < 1.29 is 4.79 Å². The molecule has 4 atom stereocenters. The molecule has 2 aliphatic rings. The van der Waals surface area contributed by atoms with Crippen molar-refractivity contribution in [3.05, 3.63) is 11.1 Å². The van der Waals surface area contributed by atoms with Crippen molar-refractivity contribution in [1.29, 1.82) is 0 Å². The van der Waals surface area contributed by atoms with Gasteiger partial charge in [0, 0.05) is 17.1 Å². The lowest BCUT2D eigenvalue weighted by Crippen LogP contribution is -2.45. The van der Waals surface area contributed by atoms with Gasteiger partial charge in [-0.15, -0.1) is 12.4 Å². The number of nitrogens with two attached hydrogens (primary N) is 1. The van der Waals surface area contributed by atoms with E-state index in [1.165, 1.54) is 12.8 Å². The molecule has 4 unspecified atom stereocenters. The molecule has 3 nitrogen and oxygen atoms in total. The number of halogens is 2. The van der Waals surface area contributed by atoms with Gasteiger partial charge in [-0.05, 0) is 31.1 Å². The van der Waals surface area contributed by atoms with Gasteiger partial charge in [0.1, 0.15) is 0 Å². The predicted molar refractivity (Wildman–Crippen MR) is 70.6 cm³/mol. The van der Waals surface area contributed by atoms with E-state index in [4.69, 9.17) is 5.73 Å². The molecule has 3 N–H and O–H groups in total. The third kappa shape index (κ3) is 2.60. The fraction of sp³-hybridized carbons (Fsp3) is 0.727. The molecule has 0 heterocycles. The summed E-state index contributed by atoms with van der Waals surface area (Å²) >= 11 is 3.23. The van der Waals surface area contributed by atoms with Crippen LogP contribution in [0.1, 0.15) is 19.3 Å². The van der Waals surface area contributed by atoms with E-state index in [1.807, 2.05) is 0 Å². The zero-order valence-electron chi connectivity index (χ0n) is 9.12. The Morgan fingerprint density at radius 2 is 2.06 bits per heavy atom. The monoisotopic (exact) mass is 308 g/mol. The summed E-state index contributed by atoms with van der Waals surface area (Å²) in [5.41, 5.74) is 6.08. The number of hydrogen-bond donors (Lipinski definition) is 2. The van der Waals surface area contributed by atoms with Gasteiger partial charge in [0.15, 0.2) is 0 Å². The van der Waals surface area contributed by atoms with E-state index in [2.05, 4.69) is 27.8 Å². The first-order valence-corrected chi connectivity index (χ1v) is 6.25. The van der Waals surface area contributed by atoms with Crippen molar-refractivity contribution >= 4 is 34.2 Å². The highest BCUT2D eigenvalue weighted by Gasteiger charge is 2.48. The lowest BCUT2D eigenvalue weighted by atomic mass is 9.84. The summed E-state index contributed by atoms with van der Waals surface area (Å²) in [5.74, 6) is 1.25. The Balaban J connectivity index is 0.00000128. The summed E-state index contributed by atoms with van der Waals surface area (Å²) in [6.45, 7) is 4.19. The number of carbonyl (C=O) groups is 1. The molecule has 1 amide bonds. The summed E-state index contributed by atoms with van der Waals surface area (Å²) in [4.78, 5) is 11.9. The highest BCUT2D eigenvalue weighted by atomic mass is 79.9. The zero-order valence-corrected chi connectivity index (χ0v) is 11.5. The normalized spacial score (nSPS) is 35.6. The zero-order chi connectivity index (χ0) is 11.0. The summed E-state index contributed by atoms with van der Waals surface area (Å²) < 4.78 is 0.799. The summed E-state index contributed by atoms with van der Waals surface area (Å²) in [7, 11) is 0. The molecule has 2 aliphatic carbocycles. The summed E-state index contributed by atoms with van der Waals surface area (Å²) in [6.07, 6.45) is 3.53. The Kier molecular flexibility index (Phi) is 4.83. The Labute approximate surface area is 111 Å². The Morgan fingerprint density at radius 3 is 2.56 bits per heavy atom. The van der Waals surface area contributed by atoms with Gasteiger partial charge in [0.2, 0.25) is 5.91 Å². The van der Waals surface area contributed by atoms with Gasteiger partial charge < -0.3 is 11.1 Å². The van der Waals surface area contributed by atoms with E-state index in [0.717, 1.165) is 10.9 Å². The second kappa shape index (κ2) is 5.52. The molecule has 2 fully saturated rings. The van der Waals surface area contributed by atoms with Gasteiger partial charge >= 0.3 is 0 Å². The minimum absolute atomic E-state index is 0. The Bertz CT molecular complexity index is 296. The molecule has 16 heavy (non-hydrogen) atoms. The third-order valence-corrected chi connectivity index (χ3v) is 4.02. The van der Waals surface area contributed by atoms with Crippen LogP contribution in [0.5, 0.6) is 0 Å². The second-order valence-electron chi connectivity index (χ2n) is 4.67. The molecule has 0 radical (unpaired) electrons. The molecule has 0 aromatic rings. The highest BCUT2D eigenvalue weighted by molar-refractivity contribution is 9.11. The van der Waals surface area contributed by atoms with E-state index in [0.29, 0.717) is 18.4 Å². The molecular formula is C11H18BrClN2O. The van der Waals surface area contributed by atoms with Crippen LogP contribution in [0.25, 0.3) is 0 Å². The first-order chi connectivity index (χ1) is 7.09. The third-order valence-electron chi connectivity index (χ3n) is 3.74. The number of nitrogens with one attached hydrogen (secondary N) is 1. The van der Waals surface area contributed by atoms with Crippen LogP contribution in [0.3, 0.4) is 0 Å². The van der Waals surface area contributed by atoms with Gasteiger partial charge in [-0.25, -0.2) is 0 Å². The summed E-state index contributed by atoms with van der Waals surface area (Å²) in [5, 5.41) is 2.87. The fourth-order valence-electron chi connectivity index (χ4n) is 3.03. The van der Waals surface area contributed by atoms with E-state index in [-0.39, 0.29) is 30.3 Å². The van der Waals surface area contributed by atoms with Crippen LogP contribution in [-0.4, -0.2) is 18.5 Å². The first kappa shape index (κ1) is 14.0. The van der Waals surface area contributed by atoms with E-state index < -0.39 is 0 Å². The Hall–Kier alpha value is -0.0600. The van der Waals surface area contributed by atoms with Crippen LogP contribution >= 0.6 is 28.3 Å². The smallest absolute Gasteiger partial charge is 0.225 e. The minimum atomic E-state index is 0. The molecule has 0 aromatic heterocycles. The second-order valence-corrected chi connectivity index (χ2v) is 5.79. The van der Waals surface area contributed by atoms with Crippen molar-refractivity contribution in [3.8, 4) is 0 Å². The average Bonchev–Trinajstić information content (AvgIpc) is 2.74. The van der Waals surface area contributed by atoms with Crippen molar-refractivity contribution in [2.24, 2.45) is 23.5 Å². The number of carbonyl (C=O) groups excluding carboxylic acids is 1. The van der Waals surface area contributed by atoms with Crippen LogP contribution < -0.4 is 11.1 Å². The van der Waals surface area contributed by atoms with Crippen molar-refractivity contribution in [2.45, 2.75) is 25.3 Å². The molecule has 0 aliphatic heterocycles. The van der Waals surface area contributed by atoms with Crippen LogP contribution in [0.4, 0.5) is 0 Å².